The lowest BCUT2D eigenvalue weighted by Crippen LogP contribution is -2.23. The standard InChI is InChI=1S/C16H19N3O2/c17-6-7-21-15-9-16(20)19(18-10-15)11-12-4-5-13-2-1-3-14(13)8-12/h4-5,8-10H,1-3,6-7,11,17H2. The average molecular weight is 285 g/mol. The predicted molar refractivity (Wildman–Crippen MR) is 80.6 cm³/mol. The maximum Gasteiger partial charge on any atom is 0.270 e. The number of hydrogen-bond donors (Lipinski definition) is 1. The molecule has 0 bridgehead atoms. The molecule has 1 aliphatic rings. The van der Waals surface area contributed by atoms with E-state index in [0.29, 0.717) is 25.4 Å². The van der Waals surface area contributed by atoms with Gasteiger partial charge in [-0.05, 0) is 36.0 Å². The van der Waals surface area contributed by atoms with Gasteiger partial charge in [-0.3, -0.25) is 4.79 Å². The largest absolute Gasteiger partial charge is 0.490 e. The number of aromatic nitrogens is 2. The Kier molecular flexibility index (Phi) is 4.01. The highest BCUT2D eigenvalue weighted by Crippen LogP contribution is 2.22. The third kappa shape index (κ3) is 3.13. The molecule has 0 radical (unpaired) electrons. The summed E-state index contributed by atoms with van der Waals surface area (Å²) >= 11 is 0. The number of nitrogens with zero attached hydrogens (tertiary/aromatic N) is 2. The number of benzene rings is 1. The van der Waals surface area contributed by atoms with E-state index in [4.69, 9.17) is 10.5 Å². The Balaban J connectivity index is 1.77. The highest BCUT2D eigenvalue weighted by molar-refractivity contribution is 5.35. The second-order valence-electron chi connectivity index (χ2n) is 5.28. The van der Waals surface area contributed by atoms with Gasteiger partial charge in [-0.25, -0.2) is 4.68 Å². The summed E-state index contributed by atoms with van der Waals surface area (Å²) in [6.07, 6.45) is 5.09. The molecule has 0 unspecified atom stereocenters. The average Bonchev–Trinajstić information content (AvgIpc) is 2.95. The van der Waals surface area contributed by atoms with Crippen LogP contribution in [0.4, 0.5) is 0 Å². The summed E-state index contributed by atoms with van der Waals surface area (Å²) < 4.78 is 6.75. The van der Waals surface area contributed by atoms with Crippen LogP contribution >= 0.6 is 0 Å². The van der Waals surface area contributed by atoms with E-state index in [0.717, 1.165) is 12.0 Å². The second kappa shape index (κ2) is 6.10. The lowest BCUT2D eigenvalue weighted by molar-refractivity contribution is 0.324. The molecule has 0 fully saturated rings. The molecule has 2 N–H and O–H groups in total. The zero-order valence-electron chi connectivity index (χ0n) is 11.9. The molecule has 1 aliphatic carbocycles. The van der Waals surface area contributed by atoms with E-state index in [1.54, 1.807) is 6.20 Å². The molecular weight excluding hydrogens is 266 g/mol. The zero-order chi connectivity index (χ0) is 14.7. The van der Waals surface area contributed by atoms with Gasteiger partial charge in [0.1, 0.15) is 12.4 Å². The number of ether oxygens (including phenoxy) is 1. The number of fused-ring (bicyclic) bond motifs is 1. The van der Waals surface area contributed by atoms with Crippen LogP contribution in [0.2, 0.25) is 0 Å². The van der Waals surface area contributed by atoms with Crippen LogP contribution in [0, 0.1) is 0 Å². The Morgan fingerprint density at radius 3 is 2.90 bits per heavy atom. The lowest BCUT2D eigenvalue weighted by atomic mass is 10.1. The van der Waals surface area contributed by atoms with Crippen molar-refractivity contribution in [2.75, 3.05) is 13.2 Å². The molecule has 110 valence electrons. The number of nitrogens with two attached hydrogens (primary N) is 1. The van der Waals surface area contributed by atoms with Crippen molar-refractivity contribution >= 4 is 0 Å². The molecule has 2 aromatic rings. The van der Waals surface area contributed by atoms with Crippen LogP contribution in [0.25, 0.3) is 0 Å². The van der Waals surface area contributed by atoms with Gasteiger partial charge in [0.2, 0.25) is 0 Å². The van der Waals surface area contributed by atoms with E-state index in [9.17, 15) is 4.79 Å². The molecule has 0 atom stereocenters. The van der Waals surface area contributed by atoms with Gasteiger partial charge in [0.05, 0.1) is 12.7 Å². The molecule has 0 aliphatic heterocycles. The van der Waals surface area contributed by atoms with Crippen LogP contribution in [-0.4, -0.2) is 22.9 Å². The maximum absolute atomic E-state index is 12.0. The first-order valence-electron chi connectivity index (χ1n) is 7.27. The molecule has 1 aromatic carbocycles. The summed E-state index contributed by atoms with van der Waals surface area (Å²) in [5.74, 6) is 0.468. The molecule has 0 spiro atoms. The Morgan fingerprint density at radius 1 is 1.24 bits per heavy atom. The summed E-state index contributed by atoms with van der Waals surface area (Å²) in [5, 5.41) is 4.16. The van der Waals surface area contributed by atoms with Crippen molar-refractivity contribution in [3.63, 3.8) is 0 Å². The fourth-order valence-corrected chi connectivity index (χ4v) is 2.69. The Bertz CT molecular complexity index is 694. The summed E-state index contributed by atoms with van der Waals surface area (Å²) in [5.41, 5.74) is 9.15. The van der Waals surface area contributed by atoms with E-state index < -0.39 is 0 Å². The number of rotatable bonds is 5. The molecule has 5 heteroatoms. The fraction of sp³-hybridized carbons (Fsp3) is 0.375. The van der Waals surface area contributed by atoms with E-state index in [1.165, 1.54) is 34.7 Å². The molecule has 0 amide bonds. The summed E-state index contributed by atoms with van der Waals surface area (Å²) in [7, 11) is 0. The summed E-state index contributed by atoms with van der Waals surface area (Å²) in [4.78, 5) is 12.0. The predicted octanol–water partition coefficient (Wildman–Crippen LogP) is 1.12. The van der Waals surface area contributed by atoms with Gasteiger partial charge in [-0.2, -0.15) is 5.10 Å². The number of hydrogen-bond acceptors (Lipinski definition) is 4. The molecule has 21 heavy (non-hydrogen) atoms. The van der Waals surface area contributed by atoms with Gasteiger partial charge in [0.15, 0.2) is 0 Å². The van der Waals surface area contributed by atoms with Crippen LogP contribution in [0.5, 0.6) is 5.75 Å². The van der Waals surface area contributed by atoms with Crippen LogP contribution in [-0.2, 0) is 19.4 Å². The molecule has 0 saturated heterocycles. The van der Waals surface area contributed by atoms with Crippen molar-refractivity contribution in [3.05, 3.63) is 57.5 Å². The van der Waals surface area contributed by atoms with Crippen molar-refractivity contribution in [2.45, 2.75) is 25.8 Å². The molecule has 5 nitrogen and oxygen atoms in total. The Hall–Kier alpha value is -2.14. The zero-order valence-corrected chi connectivity index (χ0v) is 11.9. The van der Waals surface area contributed by atoms with Gasteiger partial charge < -0.3 is 10.5 Å². The van der Waals surface area contributed by atoms with Crippen molar-refractivity contribution in [2.24, 2.45) is 5.73 Å². The maximum atomic E-state index is 12.0. The normalized spacial score (nSPS) is 13.2. The third-order valence-corrected chi connectivity index (χ3v) is 3.73. The molecule has 1 aromatic heterocycles. The molecule has 3 rings (SSSR count). The van der Waals surface area contributed by atoms with E-state index in [1.807, 2.05) is 0 Å². The van der Waals surface area contributed by atoms with Crippen LogP contribution < -0.4 is 16.0 Å². The second-order valence-corrected chi connectivity index (χ2v) is 5.28. The highest BCUT2D eigenvalue weighted by Gasteiger charge is 2.11. The SMILES string of the molecule is NCCOc1cnn(Cc2ccc3c(c2)CCC3)c(=O)c1. The first-order chi connectivity index (χ1) is 10.3. The number of aryl methyl sites for hydroxylation is 2. The quantitative estimate of drug-likeness (QED) is 0.893. The van der Waals surface area contributed by atoms with E-state index in [-0.39, 0.29) is 5.56 Å². The van der Waals surface area contributed by atoms with E-state index in [2.05, 4.69) is 23.3 Å². The smallest absolute Gasteiger partial charge is 0.270 e. The topological polar surface area (TPSA) is 70.1 Å². The van der Waals surface area contributed by atoms with Crippen molar-refractivity contribution in [1.82, 2.24) is 9.78 Å². The van der Waals surface area contributed by atoms with Crippen molar-refractivity contribution in [3.8, 4) is 5.75 Å². The Labute approximate surface area is 123 Å². The first kappa shape index (κ1) is 13.8. The van der Waals surface area contributed by atoms with Crippen molar-refractivity contribution in [1.29, 1.82) is 0 Å². The monoisotopic (exact) mass is 285 g/mol. The molecule has 0 saturated carbocycles. The molecular formula is C16H19N3O2. The van der Waals surface area contributed by atoms with Gasteiger partial charge in [-0.1, -0.05) is 18.2 Å². The van der Waals surface area contributed by atoms with Crippen LogP contribution in [0.15, 0.2) is 35.3 Å². The molecule has 1 heterocycles. The summed E-state index contributed by atoms with van der Waals surface area (Å²) in [6.45, 7) is 1.29. The van der Waals surface area contributed by atoms with Gasteiger partial charge in [-0.15, -0.1) is 0 Å². The van der Waals surface area contributed by atoms with Gasteiger partial charge in [0, 0.05) is 12.6 Å². The van der Waals surface area contributed by atoms with Gasteiger partial charge in [0.25, 0.3) is 5.56 Å². The Morgan fingerprint density at radius 2 is 2.10 bits per heavy atom. The van der Waals surface area contributed by atoms with Gasteiger partial charge >= 0.3 is 0 Å². The summed E-state index contributed by atoms with van der Waals surface area (Å²) in [6, 6.07) is 7.89. The fourth-order valence-electron chi connectivity index (χ4n) is 2.69. The minimum Gasteiger partial charge on any atom is -0.490 e. The first-order valence-corrected chi connectivity index (χ1v) is 7.27. The minimum absolute atomic E-state index is 0.162. The lowest BCUT2D eigenvalue weighted by Gasteiger charge is -2.08. The van der Waals surface area contributed by atoms with E-state index >= 15 is 0 Å². The van der Waals surface area contributed by atoms with Crippen LogP contribution in [0.1, 0.15) is 23.1 Å². The van der Waals surface area contributed by atoms with Crippen molar-refractivity contribution < 1.29 is 4.74 Å². The third-order valence-electron chi connectivity index (χ3n) is 3.73. The highest BCUT2D eigenvalue weighted by atomic mass is 16.5. The minimum atomic E-state index is -0.162. The van der Waals surface area contributed by atoms with Crippen LogP contribution in [0.3, 0.4) is 0 Å².